The van der Waals surface area contributed by atoms with Crippen molar-refractivity contribution in [3.05, 3.63) is 70.0 Å². The van der Waals surface area contributed by atoms with E-state index in [0.29, 0.717) is 6.07 Å². The lowest BCUT2D eigenvalue weighted by atomic mass is 10.1. The number of halogens is 4. The molecule has 2 rings (SSSR count). The Hall–Kier alpha value is -1.61. The molecule has 0 saturated heterocycles. The van der Waals surface area contributed by atoms with Gasteiger partial charge in [0.25, 0.3) is 10.2 Å². The largest absolute Gasteiger partial charge is 0.280 e. The lowest BCUT2D eigenvalue weighted by Gasteiger charge is -2.22. The summed E-state index contributed by atoms with van der Waals surface area (Å²) in [5, 5.41) is 0.0969. The van der Waals surface area contributed by atoms with Crippen molar-refractivity contribution in [3.8, 4) is 0 Å². The van der Waals surface area contributed by atoms with Crippen molar-refractivity contribution < 1.29 is 21.6 Å². The number of hydrogen-bond donors (Lipinski definition) is 1. The van der Waals surface area contributed by atoms with Crippen molar-refractivity contribution in [3.63, 3.8) is 0 Å². The van der Waals surface area contributed by atoms with Gasteiger partial charge in [0.1, 0.15) is 17.5 Å². The van der Waals surface area contributed by atoms with Crippen molar-refractivity contribution in [1.82, 2.24) is 9.03 Å². The zero-order chi connectivity index (χ0) is 18.8. The van der Waals surface area contributed by atoms with Gasteiger partial charge in [-0.05, 0) is 25.1 Å². The van der Waals surface area contributed by atoms with Crippen LogP contribution in [0.1, 0.15) is 24.1 Å². The third-order valence-corrected chi connectivity index (χ3v) is 5.56. The molecule has 2 aromatic carbocycles. The highest BCUT2D eigenvalue weighted by Gasteiger charge is 2.24. The molecule has 0 spiro atoms. The van der Waals surface area contributed by atoms with E-state index in [1.807, 2.05) is 0 Å². The maximum absolute atomic E-state index is 13.8. The number of nitrogens with one attached hydrogen (secondary N) is 1. The minimum atomic E-state index is -4.07. The van der Waals surface area contributed by atoms with Gasteiger partial charge in [0, 0.05) is 41.9 Å². The fourth-order valence-corrected chi connectivity index (χ4v) is 3.50. The molecule has 0 aliphatic rings. The molecule has 1 unspecified atom stereocenters. The Balaban J connectivity index is 2.17. The molecule has 2 aromatic rings. The molecule has 0 radical (unpaired) electrons. The summed E-state index contributed by atoms with van der Waals surface area (Å²) < 4.78 is 68.4. The first kappa shape index (κ1) is 19.7. The van der Waals surface area contributed by atoms with Crippen LogP contribution in [0, 0.1) is 17.5 Å². The highest BCUT2D eigenvalue weighted by atomic mass is 35.5. The molecule has 0 fully saturated rings. The van der Waals surface area contributed by atoms with Crippen LogP contribution in [-0.4, -0.2) is 19.8 Å². The molecular weight excluding hydrogens is 377 g/mol. The van der Waals surface area contributed by atoms with Crippen LogP contribution in [0.3, 0.4) is 0 Å². The Morgan fingerprint density at radius 1 is 1.16 bits per heavy atom. The molecule has 0 saturated carbocycles. The van der Waals surface area contributed by atoms with E-state index in [0.717, 1.165) is 16.4 Å². The minimum Gasteiger partial charge on any atom is -0.207 e. The molecule has 25 heavy (non-hydrogen) atoms. The highest BCUT2D eigenvalue weighted by Crippen LogP contribution is 2.23. The molecule has 0 bridgehead atoms. The Labute approximate surface area is 149 Å². The van der Waals surface area contributed by atoms with Crippen LogP contribution in [0.5, 0.6) is 0 Å². The second-order valence-electron chi connectivity index (χ2n) is 5.47. The van der Waals surface area contributed by atoms with Gasteiger partial charge in [0.15, 0.2) is 0 Å². The summed E-state index contributed by atoms with van der Waals surface area (Å²) in [6.07, 6.45) is 0. The Morgan fingerprint density at radius 2 is 1.84 bits per heavy atom. The van der Waals surface area contributed by atoms with E-state index in [1.165, 1.54) is 32.2 Å². The summed E-state index contributed by atoms with van der Waals surface area (Å²) in [5.74, 6) is -2.26. The summed E-state index contributed by atoms with van der Waals surface area (Å²) in [6, 6.07) is 5.94. The molecule has 136 valence electrons. The topological polar surface area (TPSA) is 49.4 Å². The van der Waals surface area contributed by atoms with Gasteiger partial charge in [-0.25, -0.2) is 13.2 Å². The zero-order valence-electron chi connectivity index (χ0n) is 13.4. The summed E-state index contributed by atoms with van der Waals surface area (Å²) in [4.78, 5) is 0. The fraction of sp³-hybridized carbons (Fsp3) is 0.250. The van der Waals surface area contributed by atoms with Gasteiger partial charge in [-0.2, -0.15) is 17.4 Å². The van der Waals surface area contributed by atoms with Crippen LogP contribution >= 0.6 is 11.6 Å². The van der Waals surface area contributed by atoms with Crippen molar-refractivity contribution in [2.24, 2.45) is 0 Å². The van der Waals surface area contributed by atoms with Gasteiger partial charge in [0.05, 0.1) is 0 Å². The van der Waals surface area contributed by atoms with Crippen LogP contribution in [-0.2, 0) is 16.8 Å². The summed E-state index contributed by atoms with van der Waals surface area (Å²) in [6.45, 7) is 1.11. The van der Waals surface area contributed by atoms with Gasteiger partial charge in [-0.1, -0.05) is 23.7 Å². The van der Waals surface area contributed by atoms with E-state index >= 15 is 0 Å². The van der Waals surface area contributed by atoms with E-state index in [2.05, 4.69) is 4.72 Å². The third-order valence-electron chi connectivity index (χ3n) is 3.61. The van der Waals surface area contributed by atoms with Crippen LogP contribution in [0.15, 0.2) is 36.4 Å². The monoisotopic (exact) mass is 392 g/mol. The third kappa shape index (κ3) is 4.72. The average molecular weight is 393 g/mol. The van der Waals surface area contributed by atoms with Gasteiger partial charge >= 0.3 is 0 Å². The first-order valence-electron chi connectivity index (χ1n) is 7.23. The van der Waals surface area contributed by atoms with Crippen LogP contribution in [0.4, 0.5) is 13.2 Å². The average Bonchev–Trinajstić information content (AvgIpc) is 2.50. The molecule has 0 heterocycles. The SMILES string of the molecule is CC(NS(=O)(=O)N(C)Cc1c(F)cccc1Cl)c1ccc(F)cc1F. The van der Waals surface area contributed by atoms with E-state index in [-0.39, 0.29) is 22.7 Å². The van der Waals surface area contributed by atoms with Gasteiger partial charge in [-0.15, -0.1) is 0 Å². The smallest absolute Gasteiger partial charge is 0.207 e. The number of rotatable bonds is 6. The predicted molar refractivity (Wildman–Crippen MR) is 89.7 cm³/mol. The quantitative estimate of drug-likeness (QED) is 0.813. The van der Waals surface area contributed by atoms with Crippen molar-refractivity contribution in [2.75, 3.05) is 7.05 Å². The molecule has 9 heteroatoms. The van der Waals surface area contributed by atoms with Crippen molar-refractivity contribution in [2.45, 2.75) is 19.5 Å². The first-order valence-corrected chi connectivity index (χ1v) is 9.05. The Kier molecular flexibility index (Phi) is 6.10. The molecule has 0 amide bonds. The van der Waals surface area contributed by atoms with Crippen LogP contribution in [0.25, 0.3) is 0 Å². The van der Waals surface area contributed by atoms with Gasteiger partial charge in [0.2, 0.25) is 0 Å². The Morgan fingerprint density at radius 3 is 2.44 bits per heavy atom. The molecule has 0 aliphatic heterocycles. The van der Waals surface area contributed by atoms with Crippen molar-refractivity contribution >= 4 is 21.8 Å². The maximum atomic E-state index is 13.8. The zero-order valence-corrected chi connectivity index (χ0v) is 15.0. The van der Waals surface area contributed by atoms with Crippen LogP contribution < -0.4 is 4.72 Å². The lowest BCUT2D eigenvalue weighted by Crippen LogP contribution is -2.39. The second kappa shape index (κ2) is 7.74. The first-order chi connectivity index (χ1) is 11.6. The van der Waals surface area contributed by atoms with E-state index in [9.17, 15) is 21.6 Å². The number of nitrogens with zero attached hydrogens (tertiary/aromatic N) is 1. The van der Waals surface area contributed by atoms with E-state index in [1.54, 1.807) is 0 Å². The fourth-order valence-electron chi connectivity index (χ4n) is 2.22. The number of hydrogen-bond acceptors (Lipinski definition) is 2. The summed E-state index contributed by atoms with van der Waals surface area (Å²) in [7, 11) is -2.83. The summed E-state index contributed by atoms with van der Waals surface area (Å²) in [5.41, 5.74) is 0.0138. The molecule has 0 aromatic heterocycles. The molecule has 1 atom stereocenters. The lowest BCUT2D eigenvalue weighted by molar-refractivity contribution is 0.438. The number of benzene rings is 2. The minimum absolute atomic E-state index is 0.0118. The van der Waals surface area contributed by atoms with Gasteiger partial charge in [-0.3, -0.25) is 0 Å². The molecule has 1 N–H and O–H groups in total. The standard InChI is InChI=1S/C16H16ClF3N2O2S/c1-10(12-7-6-11(18)8-16(12)20)21-25(23,24)22(2)9-13-14(17)4-3-5-15(13)19/h3-8,10,21H,9H2,1-2H3. The maximum Gasteiger partial charge on any atom is 0.280 e. The molecular formula is C16H16ClF3N2O2S. The highest BCUT2D eigenvalue weighted by molar-refractivity contribution is 7.87. The summed E-state index contributed by atoms with van der Waals surface area (Å²) >= 11 is 5.89. The normalized spacial score (nSPS) is 13.2. The van der Waals surface area contributed by atoms with Crippen molar-refractivity contribution in [1.29, 1.82) is 0 Å². The predicted octanol–water partition coefficient (Wildman–Crippen LogP) is 3.78. The van der Waals surface area contributed by atoms with E-state index < -0.39 is 33.7 Å². The van der Waals surface area contributed by atoms with Gasteiger partial charge < -0.3 is 0 Å². The Bertz CT molecular complexity index is 857. The molecule has 0 aliphatic carbocycles. The second-order valence-corrected chi connectivity index (χ2v) is 7.68. The van der Waals surface area contributed by atoms with Crippen LogP contribution in [0.2, 0.25) is 5.02 Å². The van der Waals surface area contributed by atoms with E-state index in [4.69, 9.17) is 11.6 Å². The molecule has 4 nitrogen and oxygen atoms in total.